The highest BCUT2D eigenvalue weighted by Crippen LogP contribution is 2.25. The fraction of sp³-hybridized carbons (Fsp3) is 0.167. The number of aryl methyl sites for hydroxylation is 1. The van der Waals surface area contributed by atoms with Gasteiger partial charge in [-0.25, -0.2) is 0 Å². The molecule has 0 saturated carbocycles. The van der Waals surface area contributed by atoms with Gasteiger partial charge in [0.25, 0.3) is 0 Å². The van der Waals surface area contributed by atoms with E-state index in [0.717, 1.165) is 15.8 Å². The SMILES string of the molecule is Cc1cc(Br)c(C)n1-c1ccc(N)cc1. The first-order chi connectivity index (χ1) is 7.09. The number of aromatic nitrogens is 1. The first-order valence-corrected chi connectivity index (χ1v) is 5.59. The summed E-state index contributed by atoms with van der Waals surface area (Å²) in [6, 6.07) is 10.0. The van der Waals surface area contributed by atoms with Gasteiger partial charge in [0.2, 0.25) is 0 Å². The average molecular weight is 265 g/mol. The Morgan fingerprint density at radius 3 is 2.20 bits per heavy atom. The first kappa shape index (κ1) is 10.3. The molecule has 0 fully saturated rings. The molecule has 0 spiro atoms. The molecule has 1 aromatic carbocycles. The second-order valence-electron chi connectivity index (χ2n) is 3.65. The number of anilines is 1. The topological polar surface area (TPSA) is 30.9 Å². The van der Waals surface area contributed by atoms with Gasteiger partial charge < -0.3 is 10.3 Å². The monoisotopic (exact) mass is 264 g/mol. The van der Waals surface area contributed by atoms with Crippen molar-refractivity contribution < 1.29 is 0 Å². The molecule has 0 amide bonds. The summed E-state index contributed by atoms with van der Waals surface area (Å²) in [6.07, 6.45) is 0. The molecular weight excluding hydrogens is 252 g/mol. The predicted molar refractivity (Wildman–Crippen MR) is 67.4 cm³/mol. The molecule has 0 aliphatic carbocycles. The highest BCUT2D eigenvalue weighted by molar-refractivity contribution is 9.10. The van der Waals surface area contributed by atoms with Crippen molar-refractivity contribution in [2.75, 3.05) is 5.73 Å². The van der Waals surface area contributed by atoms with Gasteiger partial charge >= 0.3 is 0 Å². The summed E-state index contributed by atoms with van der Waals surface area (Å²) in [6.45, 7) is 4.18. The van der Waals surface area contributed by atoms with E-state index in [0.29, 0.717) is 0 Å². The van der Waals surface area contributed by atoms with Gasteiger partial charge in [-0.2, -0.15) is 0 Å². The van der Waals surface area contributed by atoms with Crippen LogP contribution in [0.5, 0.6) is 0 Å². The molecular formula is C12H13BrN2. The normalized spacial score (nSPS) is 10.6. The minimum Gasteiger partial charge on any atom is -0.399 e. The van der Waals surface area contributed by atoms with Crippen LogP contribution in [0.15, 0.2) is 34.8 Å². The van der Waals surface area contributed by atoms with Crippen molar-refractivity contribution in [1.29, 1.82) is 0 Å². The molecule has 2 N–H and O–H groups in total. The number of nitrogens with two attached hydrogens (primary N) is 1. The lowest BCUT2D eigenvalue weighted by molar-refractivity contribution is 0.963. The molecule has 0 unspecified atom stereocenters. The van der Waals surface area contributed by atoms with Crippen LogP contribution in [0, 0.1) is 13.8 Å². The van der Waals surface area contributed by atoms with Crippen LogP contribution in [-0.4, -0.2) is 4.57 Å². The van der Waals surface area contributed by atoms with Gasteiger partial charge in [-0.3, -0.25) is 0 Å². The van der Waals surface area contributed by atoms with E-state index < -0.39 is 0 Å². The maximum Gasteiger partial charge on any atom is 0.0456 e. The Morgan fingerprint density at radius 1 is 1.13 bits per heavy atom. The van der Waals surface area contributed by atoms with E-state index in [1.807, 2.05) is 24.3 Å². The molecule has 0 aliphatic rings. The quantitative estimate of drug-likeness (QED) is 0.787. The van der Waals surface area contributed by atoms with E-state index in [4.69, 9.17) is 5.73 Å². The molecule has 0 aliphatic heterocycles. The standard InChI is InChI=1S/C12H13BrN2/c1-8-7-12(13)9(2)15(8)11-5-3-10(14)4-6-11/h3-7H,14H2,1-2H3. The zero-order valence-electron chi connectivity index (χ0n) is 8.79. The number of nitrogens with zero attached hydrogens (tertiary/aromatic N) is 1. The second kappa shape index (κ2) is 3.74. The summed E-state index contributed by atoms with van der Waals surface area (Å²) in [7, 11) is 0. The van der Waals surface area contributed by atoms with Crippen LogP contribution in [-0.2, 0) is 0 Å². The number of nitrogen functional groups attached to an aromatic ring is 1. The summed E-state index contributed by atoms with van der Waals surface area (Å²) in [5, 5.41) is 0. The highest BCUT2D eigenvalue weighted by Gasteiger charge is 2.07. The van der Waals surface area contributed by atoms with Crippen molar-refractivity contribution in [2.24, 2.45) is 0 Å². The molecule has 1 aromatic heterocycles. The number of hydrogen-bond acceptors (Lipinski definition) is 1. The minimum atomic E-state index is 0.792. The Kier molecular flexibility index (Phi) is 2.57. The maximum atomic E-state index is 5.67. The predicted octanol–water partition coefficient (Wildman–Crippen LogP) is 3.44. The minimum absolute atomic E-state index is 0.792. The van der Waals surface area contributed by atoms with Gasteiger partial charge in [0.05, 0.1) is 0 Å². The van der Waals surface area contributed by atoms with Crippen molar-refractivity contribution in [3.63, 3.8) is 0 Å². The molecule has 1 heterocycles. The van der Waals surface area contributed by atoms with Crippen LogP contribution >= 0.6 is 15.9 Å². The van der Waals surface area contributed by atoms with Gasteiger partial charge in [-0.15, -0.1) is 0 Å². The van der Waals surface area contributed by atoms with Crippen LogP contribution < -0.4 is 5.73 Å². The number of halogens is 1. The summed E-state index contributed by atoms with van der Waals surface area (Å²) < 4.78 is 3.33. The van der Waals surface area contributed by atoms with Gasteiger partial charge in [0, 0.05) is 27.2 Å². The fourth-order valence-corrected chi connectivity index (χ4v) is 2.25. The molecule has 0 radical (unpaired) electrons. The lowest BCUT2D eigenvalue weighted by Crippen LogP contribution is -1.98. The highest BCUT2D eigenvalue weighted by atomic mass is 79.9. The Morgan fingerprint density at radius 2 is 1.73 bits per heavy atom. The van der Waals surface area contributed by atoms with E-state index in [2.05, 4.69) is 40.4 Å². The van der Waals surface area contributed by atoms with E-state index in [1.165, 1.54) is 11.4 Å². The van der Waals surface area contributed by atoms with E-state index >= 15 is 0 Å². The zero-order chi connectivity index (χ0) is 11.0. The Balaban J connectivity index is 2.58. The van der Waals surface area contributed by atoms with Gasteiger partial charge in [0.1, 0.15) is 0 Å². The van der Waals surface area contributed by atoms with Crippen molar-refractivity contribution in [3.05, 3.63) is 46.2 Å². The van der Waals surface area contributed by atoms with Crippen LogP contribution in [0.25, 0.3) is 5.69 Å². The summed E-state index contributed by atoms with van der Waals surface area (Å²) in [5.41, 5.74) is 10.0. The van der Waals surface area contributed by atoms with Crippen LogP contribution in [0.2, 0.25) is 0 Å². The lowest BCUT2D eigenvalue weighted by Gasteiger charge is -2.09. The van der Waals surface area contributed by atoms with Gasteiger partial charge in [-0.1, -0.05) is 0 Å². The van der Waals surface area contributed by atoms with Crippen LogP contribution in [0.4, 0.5) is 5.69 Å². The average Bonchev–Trinajstić information content (AvgIpc) is 2.44. The largest absolute Gasteiger partial charge is 0.399 e. The summed E-state index contributed by atoms with van der Waals surface area (Å²) in [5.74, 6) is 0. The van der Waals surface area contributed by atoms with Crippen molar-refractivity contribution in [2.45, 2.75) is 13.8 Å². The fourth-order valence-electron chi connectivity index (χ4n) is 1.74. The van der Waals surface area contributed by atoms with Crippen molar-refractivity contribution in [1.82, 2.24) is 4.57 Å². The number of benzene rings is 1. The first-order valence-electron chi connectivity index (χ1n) is 4.80. The molecule has 2 rings (SSSR count). The van der Waals surface area contributed by atoms with Crippen molar-refractivity contribution >= 4 is 21.6 Å². The molecule has 3 heteroatoms. The van der Waals surface area contributed by atoms with Crippen LogP contribution in [0.3, 0.4) is 0 Å². The van der Waals surface area contributed by atoms with E-state index in [1.54, 1.807) is 0 Å². The molecule has 2 aromatic rings. The van der Waals surface area contributed by atoms with Gasteiger partial charge in [-0.05, 0) is 60.1 Å². The number of rotatable bonds is 1. The third-order valence-electron chi connectivity index (χ3n) is 2.52. The van der Waals surface area contributed by atoms with Crippen molar-refractivity contribution in [3.8, 4) is 5.69 Å². The van der Waals surface area contributed by atoms with Crippen LogP contribution in [0.1, 0.15) is 11.4 Å². The molecule has 0 saturated heterocycles. The third-order valence-corrected chi connectivity index (χ3v) is 3.32. The summed E-state index contributed by atoms with van der Waals surface area (Å²) in [4.78, 5) is 0. The zero-order valence-corrected chi connectivity index (χ0v) is 10.4. The third kappa shape index (κ3) is 1.79. The maximum absolute atomic E-state index is 5.67. The molecule has 15 heavy (non-hydrogen) atoms. The smallest absolute Gasteiger partial charge is 0.0456 e. The summed E-state index contributed by atoms with van der Waals surface area (Å²) >= 11 is 3.53. The molecule has 0 atom stereocenters. The number of hydrogen-bond donors (Lipinski definition) is 1. The second-order valence-corrected chi connectivity index (χ2v) is 4.50. The van der Waals surface area contributed by atoms with E-state index in [-0.39, 0.29) is 0 Å². The lowest BCUT2D eigenvalue weighted by atomic mass is 10.2. The molecule has 2 nitrogen and oxygen atoms in total. The Hall–Kier alpha value is -1.22. The molecule has 78 valence electrons. The Bertz CT molecular complexity index is 483. The Labute approximate surface area is 97.8 Å². The van der Waals surface area contributed by atoms with Gasteiger partial charge in [0.15, 0.2) is 0 Å². The van der Waals surface area contributed by atoms with E-state index in [9.17, 15) is 0 Å². The molecule has 0 bridgehead atoms.